The molecule has 4 rings (SSSR count). The highest BCUT2D eigenvalue weighted by molar-refractivity contribution is 8.00. The van der Waals surface area contributed by atoms with E-state index >= 15 is 0 Å². The van der Waals surface area contributed by atoms with Crippen LogP contribution in [-0.2, 0) is 9.53 Å². The van der Waals surface area contributed by atoms with Gasteiger partial charge in [0, 0.05) is 48.6 Å². The van der Waals surface area contributed by atoms with Gasteiger partial charge in [-0.3, -0.25) is 9.36 Å². The molecule has 0 aliphatic rings. The van der Waals surface area contributed by atoms with Gasteiger partial charge in [0.2, 0.25) is 5.91 Å². The van der Waals surface area contributed by atoms with Crippen LogP contribution in [0, 0.1) is 6.92 Å². The van der Waals surface area contributed by atoms with Crippen LogP contribution in [0.4, 0.5) is 0 Å². The lowest BCUT2D eigenvalue weighted by Crippen LogP contribution is -2.32. The summed E-state index contributed by atoms with van der Waals surface area (Å²) >= 11 is 1.40. The highest BCUT2D eigenvalue weighted by atomic mass is 32.2. The molecule has 1 unspecified atom stereocenters. The minimum absolute atomic E-state index is 0.0291. The second-order valence-corrected chi connectivity index (χ2v) is 8.93. The summed E-state index contributed by atoms with van der Waals surface area (Å²) in [5, 5.41) is 13.4. The molecular formula is C24H27N5O2S. The standard InChI is InChI=1S/C24H27N5O2S/c1-16-8-6-9-18(14-16)29-22(20-15-26-21-11-5-4-10-19(20)21)27-28-24(29)32-17(2)23(30)25-12-7-13-31-3/h4-6,8-11,14-15,17,26H,7,12-13H2,1-3H3,(H,25,30). The van der Waals surface area contributed by atoms with Crippen molar-refractivity contribution in [3.05, 3.63) is 60.3 Å². The number of benzene rings is 2. The Morgan fingerprint density at radius 2 is 2.06 bits per heavy atom. The number of H-pyrrole nitrogens is 1. The molecule has 2 aromatic heterocycles. The van der Waals surface area contributed by atoms with Gasteiger partial charge in [-0.1, -0.05) is 42.1 Å². The number of thioether (sulfide) groups is 1. The second kappa shape index (κ2) is 10.0. The number of carbonyl (C=O) groups is 1. The predicted molar refractivity (Wildman–Crippen MR) is 128 cm³/mol. The first-order valence-corrected chi connectivity index (χ1v) is 11.5. The molecule has 0 saturated carbocycles. The lowest BCUT2D eigenvalue weighted by atomic mass is 10.1. The molecule has 7 nitrogen and oxygen atoms in total. The van der Waals surface area contributed by atoms with E-state index in [1.807, 2.05) is 48.0 Å². The molecule has 1 amide bonds. The number of para-hydroxylation sites is 1. The molecule has 2 aromatic carbocycles. The number of nitrogens with one attached hydrogen (secondary N) is 2. The Morgan fingerprint density at radius 3 is 2.88 bits per heavy atom. The first kappa shape index (κ1) is 22.1. The number of rotatable bonds is 9. The molecule has 1 atom stereocenters. The molecule has 0 saturated heterocycles. The van der Waals surface area contributed by atoms with Crippen LogP contribution in [-0.4, -0.2) is 51.2 Å². The van der Waals surface area contributed by atoms with Gasteiger partial charge in [0.05, 0.1) is 5.25 Å². The van der Waals surface area contributed by atoms with Gasteiger partial charge in [-0.05, 0) is 44.0 Å². The van der Waals surface area contributed by atoms with E-state index in [-0.39, 0.29) is 11.2 Å². The maximum atomic E-state index is 12.6. The average molecular weight is 450 g/mol. The number of aromatic nitrogens is 4. The van der Waals surface area contributed by atoms with E-state index < -0.39 is 0 Å². The van der Waals surface area contributed by atoms with Crippen molar-refractivity contribution in [3.63, 3.8) is 0 Å². The summed E-state index contributed by atoms with van der Waals surface area (Å²) in [7, 11) is 1.66. The highest BCUT2D eigenvalue weighted by Crippen LogP contribution is 2.33. The van der Waals surface area contributed by atoms with Gasteiger partial charge in [-0.2, -0.15) is 0 Å². The van der Waals surface area contributed by atoms with Crippen LogP contribution < -0.4 is 5.32 Å². The molecule has 0 aliphatic heterocycles. The topological polar surface area (TPSA) is 84.8 Å². The van der Waals surface area contributed by atoms with Crippen molar-refractivity contribution in [1.82, 2.24) is 25.1 Å². The quantitative estimate of drug-likeness (QED) is 0.293. The number of nitrogens with zero attached hydrogens (tertiary/aromatic N) is 3. The fourth-order valence-electron chi connectivity index (χ4n) is 3.56. The Morgan fingerprint density at radius 1 is 1.22 bits per heavy atom. The zero-order chi connectivity index (χ0) is 22.5. The molecule has 0 fully saturated rings. The van der Waals surface area contributed by atoms with Crippen LogP contribution in [0.1, 0.15) is 18.9 Å². The first-order valence-electron chi connectivity index (χ1n) is 10.6. The molecule has 0 radical (unpaired) electrons. The summed E-state index contributed by atoms with van der Waals surface area (Å²) in [6, 6.07) is 16.3. The Hall–Kier alpha value is -3.10. The van der Waals surface area contributed by atoms with E-state index in [9.17, 15) is 4.79 Å². The van der Waals surface area contributed by atoms with Crippen molar-refractivity contribution in [1.29, 1.82) is 0 Å². The normalized spacial score (nSPS) is 12.2. The van der Waals surface area contributed by atoms with E-state index in [1.54, 1.807) is 7.11 Å². The van der Waals surface area contributed by atoms with Gasteiger partial charge in [-0.15, -0.1) is 10.2 Å². The fraction of sp³-hybridized carbons (Fsp3) is 0.292. The number of carbonyl (C=O) groups excluding carboxylic acids is 1. The average Bonchev–Trinajstić information content (AvgIpc) is 3.40. The SMILES string of the molecule is COCCCNC(=O)C(C)Sc1nnc(-c2c[nH]c3ccccc23)n1-c1cccc(C)c1. The summed E-state index contributed by atoms with van der Waals surface area (Å²) in [5.74, 6) is 0.710. The molecule has 0 spiro atoms. The summed E-state index contributed by atoms with van der Waals surface area (Å²) in [6.07, 6.45) is 2.74. The highest BCUT2D eigenvalue weighted by Gasteiger charge is 2.23. The fourth-order valence-corrected chi connectivity index (χ4v) is 4.45. The minimum atomic E-state index is -0.318. The van der Waals surface area contributed by atoms with Gasteiger partial charge < -0.3 is 15.0 Å². The van der Waals surface area contributed by atoms with Crippen molar-refractivity contribution in [2.75, 3.05) is 20.3 Å². The van der Waals surface area contributed by atoms with Gasteiger partial charge in [0.15, 0.2) is 11.0 Å². The number of methoxy groups -OCH3 is 1. The van der Waals surface area contributed by atoms with Gasteiger partial charge in [-0.25, -0.2) is 0 Å². The number of aromatic amines is 1. The molecule has 32 heavy (non-hydrogen) atoms. The van der Waals surface area contributed by atoms with Crippen molar-refractivity contribution in [2.24, 2.45) is 0 Å². The van der Waals surface area contributed by atoms with E-state index in [0.29, 0.717) is 18.3 Å². The van der Waals surface area contributed by atoms with E-state index in [2.05, 4.69) is 45.6 Å². The van der Waals surface area contributed by atoms with E-state index in [1.165, 1.54) is 11.8 Å². The molecule has 8 heteroatoms. The van der Waals surface area contributed by atoms with Gasteiger partial charge >= 0.3 is 0 Å². The number of ether oxygens (including phenoxy) is 1. The van der Waals surface area contributed by atoms with Crippen LogP contribution in [0.5, 0.6) is 0 Å². The largest absolute Gasteiger partial charge is 0.385 e. The number of amides is 1. The van der Waals surface area contributed by atoms with Gasteiger partial charge in [0.1, 0.15) is 0 Å². The van der Waals surface area contributed by atoms with Crippen LogP contribution in [0.15, 0.2) is 59.9 Å². The second-order valence-electron chi connectivity index (χ2n) is 7.63. The number of aryl methyl sites for hydroxylation is 1. The van der Waals surface area contributed by atoms with Crippen molar-refractivity contribution >= 4 is 28.6 Å². The number of hydrogen-bond acceptors (Lipinski definition) is 5. The molecule has 166 valence electrons. The van der Waals surface area contributed by atoms with Crippen LogP contribution in [0.2, 0.25) is 0 Å². The Balaban J connectivity index is 1.68. The van der Waals surface area contributed by atoms with Crippen LogP contribution >= 0.6 is 11.8 Å². The minimum Gasteiger partial charge on any atom is -0.385 e. The zero-order valence-electron chi connectivity index (χ0n) is 18.5. The lowest BCUT2D eigenvalue weighted by Gasteiger charge is -2.14. The lowest BCUT2D eigenvalue weighted by molar-refractivity contribution is -0.120. The Bertz CT molecular complexity index is 1220. The summed E-state index contributed by atoms with van der Waals surface area (Å²) in [6.45, 7) is 5.15. The molecule has 0 aliphatic carbocycles. The monoisotopic (exact) mass is 449 g/mol. The summed E-state index contributed by atoms with van der Waals surface area (Å²) < 4.78 is 7.07. The zero-order valence-corrected chi connectivity index (χ0v) is 19.3. The molecular weight excluding hydrogens is 422 g/mol. The van der Waals surface area contributed by atoms with E-state index in [0.717, 1.165) is 40.0 Å². The third-order valence-electron chi connectivity index (χ3n) is 5.20. The Labute approximate surface area is 191 Å². The third kappa shape index (κ3) is 4.71. The Kier molecular flexibility index (Phi) is 6.92. The van der Waals surface area contributed by atoms with Crippen molar-refractivity contribution in [3.8, 4) is 17.1 Å². The summed E-state index contributed by atoms with van der Waals surface area (Å²) in [5.41, 5.74) is 4.11. The van der Waals surface area contributed by atoms with Crippen molar-refractivity contribution in [2.45, 2.75) is 30.7 Å². The summed E-state index contributed by atoms with van der Waals surface area (Å²) in [4.78, 5) is 15.9. The molecule has 4 aromatic rings. The first-order chi connectivity index (χ1) is 15.6. The van der Waals surface area contributed by atoms with Crippen molar-refractivity contribution < 1.29 is 9.53 Å². The smallest absolute Gasteiger partial charge is 0.233 e. The predicted octanol–water partition coefficient (Wildman–Crippen LogP) is 4.36. The number of hydrogen-bond donors (Lipinski definition) is 2. The van der Waals surface area contributed by atoms with Crippen LogP contribution in [0.25, 0.3) is 28.0 Å². The maximum Gasteiger partial charge on any atom is 0.233 e. The van der Waals surface area contributed by atoms with Crippen LogP contribution in [0.3, 0.4) is 0 Å². The van der Waals surface area contributed by atoms with Gasteiger partial charge in [0.25, 0.3) is 0 Å². The van der Waals surface area contributed by atoms with E-state index in [4.69, 9.17) is 4.74 Å². The molecule has 0 bridgehead atoms. The molecule has 2 heterocycles. The third-order valence-corrected chi connectivity index (χ3v) is 6.24. The maximum absolute atomic E-state index is 12.6. The molecule has 2 N–H and O–H groups in total. The number of fused-ring (bicyclic) bond motifs is 1.